The number of carbonyl (C=O) groups excluding carboxylic acids is 15. The average Bonchev–Trinajstić information content (AvgIpc) is 1.65. The highest BCUT2D eigenvalue weighted by atomic mass is 16.4. The van der Waals surface area contributed by atoms with Gasteiger partial charge >= 0.3 is 5.97 Å². The number of carboxylic acid groups (broad SMARTS) is 1. The van der Waals surface area contributed by atoms with Gasteiger partial charge in [-0.1, -0.05) is 34.1 Å². The number of aliphatic hydroxyl groups is 1. The van der Waals surface area contributed by atoms with E-state index in [1.807, 2.05) is 0 Å². The largest absolute Gasteiger partial charge is 0.480 e. The van der Waals surface area contributed by atoms with Gasteiger partial charge in [-0.2, -0.15) is 0 Å². The van der Waals surface area contributed by atoms with Gasteiger partial charge in [0.15, 0.2) is 41.7 Å². The van der Waals surface area contributed by atoms with Gasteiger partial charge in [-0.15, -0.1) is 0 Å². The van der Waals surface area contributed by atoms with Crippen molar-refractivity contribution < 1.29 is 86.9 Å². The van der Waals surface area contributed by atoms with Gasteiger partial charge in [0.2, 0.25) is 88.6 Å². The maximum Gasteiger partial charge on any atom is 0.326 e. The second-order valence-corrected chi connectivity index (χ2v) is 37.1. The van der Waals surface area contributed by atoms with Crippen LogP contribution in [0.15, 0.2) is 0 Å². The lowest BCUT2D eigenvalue weighted by Gasteiger charge is -2.34. The number of nitrogens with zero attached hydrogens (tertiary/aromatic N) is 6. The Kier molecular flexibility index (Phi) is 48.8. The number of nitrogens with one attached hydrogen (secondary N) is 23. The van der Waals surface area contributed by atoms with Crippen LogP contribution in [0, 0.1) is 49.7 Å². The van der Waals surface area contributed by atoms with Crippen molar-refractivity contribution in [2.75, 3.05) is 91.7 Å². The lowest BCUT2D eigenvalue weighted by atomic mass is 9.96. The zero-order valence-electron chi connectivity index (χ0n) is 81.8. The lowest BCUT2D eigenvalue weighted by Crippen LogP contribution is -2.61. The van der Waals surface area contributed by atoms with E-state index in [0.29, 0.717) is 38.5 Å². The minimum absolute atomic E-state index is 0.00897. The molecule has 0 radical (unpaired) electrons. The average molecular weight is 2010 g/mol. The van der Waals surface area contributed by atoms with Crippen LogP contribution in [-0.2, 0) is 76.7 Å². The third kappa shape index (κ3) is 37.1. The molecule has 0 bridgehead atoms. The molecular weight excluding hydrogens is 1850 g/mol. The van der Waals surface area contributed by atoms with Crippen LogP contribution in [0.1, 0.15) is 207 Å². The van der Waals surface area contributed by atoms with Gasteiger partial charge in [-0.25, -0.2) is 4.79 Å². The third-order valence-electron chi connectivity index (χ3n) is 25.9. The fraction of sp³-hybridized carbons (Fsp3) is 0.736. The molecule has 6 heterocycles. The van der Waals surface area contributed by atoms with Crippen LogP contribution in [0.3, 0.4) is 0 Å². The highest BCUT2D eigenvalue weighted by Gasteiger charge is 2.49. The Balaban J connectivity index is 1.19. The van der Waals surface area contributed by atoms with Crippen LogP contribution in [-0.4, -0.2) is 364 Å². The number of likely N-dealkylation sites (tertiary alicyclic amines) is 6. The number of amides is 15. The molecule has 6 fully saturated rings. The van der Waals surface area contributed by atoms with E-state index in [1.165, 1.54) is 29.4 Å². The topological polar surface area (TPSA) is 901 Å². The molecule has 6 saturated heterocycles. The van der Waals surface area contributed by atoms with Crippen molar-refractivity contribution >= 4 is 136 Å². The first-order valence-corrected chi connectivity index (χ1v) is 49.1. The van der Waals surface area contributed by atoms with E-state index >= 15 is 33.6 Å². The smallest absolute Gasteiger partial charge is 0.326 e. The standard InChI is InChI=1S/C87H155N37O18/c1-5-48(4)64(118-67(128)51(20-7-33-104-82(91)92)110-65(126)49(88)46-125)73(134)115-55(24-11-37-108-86(99)100)76(137)120-40-14-27-59(120)70(131)114-54(23-10-36-107-85(97)98)77(138)124-44-18-31-63(124)79(140)123-43-17-30-62(123)68(129)111-50(19-6-32-103-81(89)90)66(127)117-57(45-47(2)3)78(139)122-42-16-28-60(122)71(132)113-52(21-8-34-105-83(93)94)74(135)119-39-13-26-58(119)69(130)112-53(22-9-35-106-84(95)96)75(136)121-41-15-29-61(121)72(133)116-56(80(141)142)25-12-38-109-87(101)102/h47-64,125H,5-46,88H2,1-4H3,(H,110,126)(H,111,129)(H,112,130)(H,113,132)(H,114,131)(H,115,134)(H,116,133)(H,117,127)(H,118,128)(H,141,142)(H4,89,90,103)(H4,91,92,104)(H4,93,94,105)(H4,95,96,106)(H4,97,98,107)(H4,99,100,108)(H4,101,102,109)/t48-,49-,50-,51-,52-,53-,54-,55-,56-,57-,58-,59-,60-,61-,62-,63-,64-/m0/s1. The molecule has 796 valence electrons. The van der Waals surface area contributed by atoms with Crippen molar-refractivity contribution in [3.63, 3.8) is 0 Å². The van der Waals surface area contributed by atoms with Crippen LogP contribution < -0.4 is 131 Å². The lowest BCUT2D eigenvalue weighted by molar-refractivity contribution is -0.148. The number of guanidine groups is 7. The highest BCUT2D eigenvalue weighted by Crippen LogP contribution is 2.30. The number of nitrogens with two attached hydrogens (primary N) is 8. The van der Waals surface area contributed by atoms with E-state index in [4.69, 9.17) is 83.7 Å². The molecule has 6 aliphatic heterocycles. The summed E-state index contributed by atoms with van der Waals surface area (Å²) in [5.41, 5.74) is 44.6. The van der Waals surface area contributed by atoms with E-state index in [2.05, 4.69) is 85.1 Å². The molecule has 142 heavy (non-hydrogen) atoms. The van der Waals surface area contributed by atoms with Gasteiger partial charge in [0.05, 0.1) is 6.61 Å². The quantitative estimate of drug-likeness (QED) is 0.0153. The van der Waals surface area contributed by atoms with Crippen molar-refractivity contribution in [2.24, 2.45) is 57.7 Å². The number of aliphatic hydroxyl groups excluding tert-OH is 1. The van der Waals surface area contributed by atoms with Crippen molar-refractivity contribution in [1.29, 1.82) is 37.9 Å². The van der Waals surface area contributed by atoms with Crippen molar-refractivity contribution in [3.8, 4) is 0 Å². The maximum absolute atomic E-state index is 15.3. The molecule has 41 N–H and O–H groups in total. The summed E-state index contributed by atoms with van der Waals surface area (Å²) in [6.45, 7) is 7.07. The summed E-state index contributed by atoms with van der Waals surface area (Å²) in [6.07, 6.45) is 3.45. The van der Waals surface area contributed by atoms with Crippen LogP contribution in [0.4, 0.5) is 0 Å². The van der Waals surface area contributed by atoms with Gasteiger partial charge in [0.25, 0.3) is 0 Å². The van der Waals surface area contributed by atoms with Crippen LogP contribution in [0.2, 0.25) is 0 Å². The van der Waals surface area contributed by atoms with E-state index in [9.17, 15) is 53.4 Å². The Hall–Kier alpha value is -13.7. The summed E-state index contributed by atoms with van der Waals surface area (Å²) in [6, 6.07) is -20.8. The van der Waals surface area contributed by atoms with Gasteiger partial charge in [-0.3, -0.25) is 110 Å². The summed E-state index contributed by atoms with van der Waals surface area (Å²) < 4.78 is 0. The Morgan fingerprint density at radius 3 is 0.838 bits per heavy atom. The second-order valence-electron chi connectivity index (χ2n) is 37.1. The third-order valence-corrected chi connectivity index (χ3v) is 25.9. The molecule has 17 atom stereocenters. The zero-order chi connectivity index (χ0) is 105. The number of hydrogen-bond acceptors (Lipinski definition) is 25. The summed E-state index contributed by atoms with van der Waals surface area (Å²) in [5.74, 6) is -15.9. The summed E-state index contributed by atoms with van der Waals surface area (Å²) >= 11 is 0. The highest BCUT2D eigenvalue weighted by molar-refractivity contribution is 6.02. The maximum atomic E-state index is 15.3. The van der Waals surface area contributed by atoms with E-state index in [1.54, 1.807) is 27.7 Å². The number of rotatable bonds is 58. The number of aliphatic carboxylic acids is 1. The molecule has 55 heteroatoms. The fourth-order valence-corrected chi connectivity index (χ4v) is 18.4. The van der Waals surface area contributed by atoms with Gasteiger partial charge < -0.3 is 171 Å². The summed E-state index contributed by atoms with van der Waals surface area (Å²) in [5, 5.41) is 117. The van der Waals surface area contributed by atoms with E-state index in [0.717, 1.165) is 0 Å². The molecule has 0 saturated carbocycles. The molecule has 55 nitrogen and oxygen atoms in total. The monoisotopic (exact) mass is 2010 g/mol. The number of hydrogen-bond donors (Lipinski definition) is 33. The number of carbonyl (C=O) groups is 16. The summed E-state index contributed by atoms with van der Waals surface area (Å²) in [7, 11) is 0. The van der Waals surface area contributed by atoms with E-state index < -0.39 is 204 Å². The second kappa shape index (κ2) is 59.2. The first-order chi connectivity index (χ1) is 67.4. The molecular formula is C87H155N37O18. The Morgan fingerprint density at radius 1 is 0.310 bits per heavy atom. The predicted molar refractivity (Wildman–Crippen MR) is 521 cm³/mol. The Labute approximate surface area is 825 Å². The molecule has 6 aliphatic rings. The van der Waals surface area contributed by atoms with Crippen molar-refractivity contribution in [3.05, 3.63) is 0 Å². The molecule has 0 aliphatic carbocycles. The van der Waals surface area contributed by atoms with Gasteiger partial charge in [0.1, 0.15) is 96.7 Å². The van der Waals surface area contributed by atoms with Crippen LogP contribution in [0.5, 0.6) is 0 Å². The SMILES string of the molecule is CC[C@H](C)[C@H](NC(=O)[C@H](CCCNC(=N)N)NC(=O)[C@@H](N)CO)C(=O)N[C@@H](CCCNC(=N)N)C(=O)N1CCC[C@H]1C(=O)N[C@@H](CCCNC(=N)N)C(=O)N1CCC[C@H]1C(=O)N1CCC[C@H]1C(=O)N[C@@H](CCCNC(=N)N)C(=O)N[C@@H](CC(C)C)C(=O)N1CCC[C@H]1C(=O)N[C@@H](CCCNC(=N)N)C(=O)N1CCC[C@H]1C(=O)N[C@@H](CCCNC(=N)N)C(=O)N1CCC[C@H]1C(=O)N[C@@H](CCCNC(=N)N)C(=O)O. The molecule has 0 aromatic heterocycles. The molecule has 0 aromatic rings. The zero-order valence-corrected chi connectivity index (χ0v) is 81.8. The number of carboxylic acids is 1. The Bertz CT molecular complexity index is 4420. The van der Waals surface area contributed by atoms with Crippen LogP contribution >= 0.6 is 0 Å². The van der Waals surface area contributed by atoms with Crippen molar-refractivity contribution in [2.45, 2.75) is 304 Å². The molecule has 0 aromatic carbocycles. The van der Waals surface area contributed by atoms with Gasteiger partial charge in [0, 0.05) is 85.1 Å². The molecule has 6 rings (SSSR count). The fourth-order valence-electron chi connectivity index (χ4n) is 18.4. The van der Waals surface area contributed by atoms with Crippen LogP contribution in [0.25, 0.3) is 0 Å². The minimum atomic E-state index is -1.42. The first kappa shape index (κ1) is 117. The molecule has 0 unspecified atom stereocenters. The summed E-state index contributed by atoms with van der Waals surface area (Å²) in [4.78, 5) is 241. The van der Waals surface area contributed by atoms with Gasteiger partial charge in [-0.05, 0) is 185 Å². The molecule has 15 amide bonds. The normalized spacial score (nSPS) is 19.9. The first-order valence-electron chi connectivity index (χ1n) is 49.1. The van der Waals surface area contributed by atoms with E-state index in [-0.39, 0.29) is 274 Å². The predicted octanol–water partition coefficient (Wildman–Crippen LogP) is -9.37. The molecule has 0 spiro atoms. The minimum Gasteiger partial charge on any atom is -0.480 e. The Morgan fingerprint density at radius 2 is 0.542 bits per heavy atom. The van der Waals surface area contributed by atoms with Crippen molar-refractivity contribution in [1.82, 2.24) is 114 Å².